The zero-order valence-corrected chi connectivity index (χ0v) is 29.9. The molecule has 280 valence electrons. The van der Waals surface area contributed by atoms with Crippen LogP contribution < -0.4 is 0 Å². The summed E-state index contributed by atoms with van der Waals surface area (Å²) in [5.74, 6) is -0.356. The van der Waals surface area contributed by atoms with Gasteiger partial charge in [0.1, 0.15) is 17.2 Å². The van der Waals surface area contributed by atoms with Crippen molar-refractivity contribution in [3.63, 3.8) is 0 Å². The Balaban J connectivity index is 0.000000202. The summed E-state index contributed by atoms with van der Waals surface area (Å²) in [5, 5.41) is 0. The molecule has 0 aromatic heterocycles. The predicted molar refractivity (Wildman–Crippen MR) is 193 cm³/mol. The summed E-state index contributed by atoms with van der Waals surface area (Å²) >= 11 is 0. The molecule has 0 spiro atoms. The second kappa shape index (κ2) is 17.4. The lowest BCUT2D eigenvalue weighted by atomic mass is 9.77. The van der Waals surface area contributed by atoms with Gasteiger partial charge in [0.25, 0.3) is 0 Å². The third-order valence-corrected chi connectivity index (χ3v) is 11.1. The highest BCUT2D eigenvalue weighted by molar-refractivity contribution is 5.65. The quantitative estimate of drug-likeness (QED) is 0.159. The van der Waals surface area contributed by atoms with Crippen LogP contribution in [0.2, 0.25) is 0 Å². The van der Waals surface area contributed by atoms with E-state index in [2.05, 4.69) is 26.0 Å². The Morgan fingerprint density at radius 1 is 0.462 bits per heavy atom. The molecule has 0 radical (unpaired) electrons. The minimum Gasteiger partial charge on any atom is -0.206 e. The molecule has 0 unspecified atom stereocenters. The largest absolute Gasteiger partial charge is 0.422 e. The second-order valence-electron chi connectivity index (χ2n) is 14.6. The van der Waals surface area contributed by atoms with E-state index >= 15 is 0 Å². The Morgan fingerprint density at radius 3 is 1.13 bits per heavy atom. The minimum atomic E-state index is -5.05. The van der Waals surface area contributed by atoms with E-state index < -0.39 is 35.1 Å². The van der Waals surface area contributed by atoms with Crippen LogP contribution in [0.1, 0.15) is 125 Å². The summed E-state index contributed by atoms with van der Waals surface area (Å²) in [4.78, 5) is 0. The van der Waals surface area contributed by atoms with Crippen molar-refractivity contribution in [1.82, 2.24) is 0 Å². The smallest absolute Gasteiger partial charge is 0.206 e. The van der Waals surface area contributed by atoms with Crippen molar-refractivity contribution in [2.45, 2.75) is 115 Å². The Kier molecular flexibility index (Phi) is 13.2. The fourth-order valence-electron chi connectivity index (χ4n) is 8.14. The number of alkyl halides is 6. The molecule has 0 saturated heterocycles. The van der Waals surface area contributed by atoms with Gasteiger partial charge in [0, 0.05) is 0 Å². The van der Waals surface area contributed by atoms with Crippen molar-refractivity contribution < 1.29 is 35.1 Å². The molecule has 0 bridgehead atoms. The highest BCUT2D eigenvalue weighted by atomic mass is 19.4. The van der Waals surface area contributed by atoms with Gasteiger partial charge >= 0.3 is 12.4 Å². The van der Waals surface area contributed by atoms with Gasteiger partial charge in [-0.2, -0.15) is 26.3 Å². The maximum atomic E-state index is 13.8. The highest BCUT2D eigenvalue weighted by Gasteiger charge is 2.38. The zero-order chi connectivity index (χ0) is 37.5. The Labute approximate surface area is 302 Å². The third kappa shape index (κ3) is 10.3. The zero-order valence-electron chi connectivity index (χ0n) is 29.9. The molecule has 0 aliphatic heterocycles. The molecule has 0 N–H and O–H groups in total. The van der Waals surface area contributed by atoms with Crippen LogP contribution in [0.15, 0.2) is 84.9 Å². The van der Waals surface area contributed by atoms with Crippen LogP contribution >= 0.6 is 0 Å². The molecule has 2 aliphatic carbocycles. The first-order chi connectivity index (χ1) is 24.8. The summed E-state index contributed by atoms with van der Waals surface area (Å²) in [7, 11) is 0. The highest BCUT2D eigenvalue weighted by Crippen LogP contribution is 2.40. The summed E-state index contributed by atoms with van der Waals surface area (Å²) in [6, 6.07) is 22.6. The van der Waals surface area contributed by atoms with E-state index in [0.717, 1.165) is 60.1 Å². The van der Waals surface area contributed by atoms with Gasteiger partial charge in [0.15, 0.2) is 0 Å². The summed E-state index contributed by atoms with van der Waals surface area (Å²) < 4.78 is 104. The number of hydrogen-bond donors (Lipinski definition) is 0. The van der Waals surface area contributed by atoms with E-state index in [9.17, 15) is 35.1 Å². The van der Waals surface area contributed by atoms with E-state index in [1.165, 1.54) is 75.3 Å². The molecular weight excluding hydrogens is 680 g/mol. The van der Waals surface area contributed by atoms with Gasteiger partial charge in [-0.1, -0.05) is 100 Å². The average molecular weight is 729 g/mol. The first-order valence-electron chi connectivity index (χ1n) is 18.7. The van der Waals surface area contributed by atoms with Gasteiger partial charge in [-0.3, -0.25) is 0 Å². The van der Waals surface area contributed by atoms with Gasteiger partial charge in [-0.05, 0) is 133 Å². The van der Waals surface area contributed by atoms with Gasteiger partial charge < -0.3 is 0 Å². The summed E-state index contributed by atoms with van der Waals surface area (Å²) in [5.41, 5.74) is 2.51. The lowest BCUT2D eigenvalue weighted by molar-refractivity contribution is -0.142. The monoisotopic (exact) mass is 728 g/mol. The van der Waals surface area contributed by atoms with Crippen molar-refractivity contribution in [3.8, 4) is 22.3 Å². The molecule has 0 amide bonds. The first kappa shape index (κ1) is 39.5. The van der Waals surface area contributed by atoms with Crippen LogP contribution in [0.3, 0.4) is 0 Å². The molecule has 0 heterocycles. The summed E-state index contributed by atoms with van der Waals surface area (Å²) in [6.45, 7) is 4.46. The maximum absolute atomic E-state index is 13.8. The van der Waals surface area contributed by atoms with Crippen LogP contribution in [0.4, 0.5) is 35.1 Å². The topological polar surface area (TPSA) is 0 Å². The molecule has 6 rings (SSSR count). The fraction of sp³-hybridized carbons (Fsp3) is 0.455. The average Bonchev–Trinajstić information content (AvgIpc) is 3.12. The van der Waals surface area contributed by atoms with Crippen LogP contribution in [0, 0.1) is 23.5 Å². The van der Waals surface area contributed by atoms with E-state index in [0.29, 0.717) is 17.4 Å². The molecule has 8 heteroatoms. The Morgan fingerprint density at radius 2 is 0.808 bits per heavy atom. The molecular formula is C44H48F8. The van der Waals surface area contributed by atoms with Crippen molar-refractivity contribution in [1.29, 1.82) is 0 Å². The predicted octanol–water partition coefficient (Wildman–Crippen LogP) is 15.2. The SMILES string of the molecule is CCCC1CCC(c2ccc(-c3cc(F)c(C(F)(F)F)c(F)c3)cc2)CC1.CCCC1CCC(c2ccc(-c3ccc(C(F)(F)F)cc3)cc2)CC1. The first-order valence-corrected chi connectivity index (χ1v) is 18.7. The summed E-state index contributed by atoms with van der Waals surface area (Å²) in [6.07, 6.45) is 5.63. The molecule has 4 aromatic carbocycles. The molecule has 0 atom stereocenters. The standard InChI is InChI=1S/C22H23F5.C22H25F3/c1-2-3-14-4-6-15(7-5-14)16-8-10-17(11-9-16)18-12-19(23)21(20(24)13-18)22(25,26)27;1-2-3-16-4-6-17(7-5-16)18-8-10-19(11-9-18)20-12-14-21(15-13-20)22(23,24)25/h8-15H,2-7H2,1H3;8-17H,2-7H2,1H3. The van der Waals surface area contributed by atoms with Crippen LogP contribution in [-0.4, -0.2) is 0 Å². The molecule has 2 saturated carbocycles. The van der Waals surface area contributed by atoms with Crippen molar-refractivity contribution >= 4 is 0 Å². The minimum absolute atomic E-state index is 0.108. The van der Waals surface area contributed by atoms with Gasteiger partial charge in [-0.15, -0.1) is 0 Å². The molecule has 52 heavy (non-hydrogen) atoms. The van der Waals surface area contributed by atoms with E-state index in [1.807, 2.05) is 24.3 Å². The number of halogens is 8. The fourth-order valence-corrected chi connectivity index (χ4v) is 8.14. The van der Waals surface area contributed by atoms with Crippen LogP contribution in [0.5, 0.6) is 0 Å². The van der Waals surface area contributed by atoms with Crippen LogP contribution in [-0.2, 0) is 12.4 Å². The van der Waals surface area contributed by atoms with Gasteiger partial charge in [0.2, 0.25) is 0 Å². The normalized spacial score (nSPS) is 21.0. The lowest BCUT2D eigenvalue weighted by Gasteiger charge is -2.28. The molecule has 4 aromatic rings. The van der Waals surface area contributed by atoms with E-state index in [1.54, 1.807) is 24.3 Å². The molecule has 2 fully saturated rings. The lowest BCUT2D eigenvalue weighted by Crippen LogP contribution is -2.13. The van der Waals surface area contributed by atoms with Crippen molar-refractivity contribution in [2.75, 3.05) is 0 Å². The Hall–Kier alpha value is -3.68. The number of benzene rings is 4. The van der Waals surface area contributed by atoms with Crippen molar-refractivity contribution in [2.24, 2.45) is 11.8 Å². The Bertz CT molecular complexity index is 1660. The van der Waals surface area contributed by atoms with Crippen molar-refractivity contribution in [3.05, 3.63) is 119 Å². The molecule has 0 nitrogen and oxygen atoms in total. The molecule has 2 aliphatic rings. The van der Waals surface area contributed by atoms with Gasteiger partial charge in [-0.25, -0.2) is 8.78 Å². The second-order valence-corrected chi connectivity index (χ2v) is 14.6. The number of hydrogen-bond acceptors (Lipinski definition) is 0. The van der Waals surface area contributed by atoms with E-state index in [-0.39, 0.29) is 5.56 Å². The third-order valence-electron chi connectivity index (χ3n) is 11.1. The van der Waals surface area contributed by atoms with Crippen LogP contribution in [0.25, 0.3) is 22.3 Å². The number of rotatable bonds is 8. The van der Waals surface area contributed by atoms with Gasteiger partial charge in [0.05, 0.1) is 5.56 Å². The maximum Gasteiger partial charge on any atom is 0.422 e. The van der Waals surface area contributed by atoms with E-state index in [4.69, 9.17) is 0 Å².